The zero-order valence-corrected chi connectivity index (χ0v) is 14.0. The molecule has 2 unspecified atom stereocenters. The van der Waals surface area contributed by atoms with Gasteiger partial charge in [0.15, 0.2) is 0 Å². The zero-order valence-electron chi connectivity index (χ0n) is 13.3. The first-order valence-corrected chi connectivity index (χ1v) is 8.29. The number of likely N-dealkylation sites (tertiary alicyclic amines) is 1. The number of aliphatic hydroxyl groups excluding tert-OH is 1. The monoisotopic (exact) mass is 331 g/mol. The van der Waals surface area contributed by atoms with Crippen molar-refractivity contribution >= 4 is 11.6 Å². The summed E-state index contributed by atoms with van der Waals surface area (Å²) in [6, 6.07) is 16.2. The van der Waals surface area contributed by atoms with E-state index >= 15 is 0 Å². The van der Waals surface area contributed by atoms with Gasteiger partial charge in [-0.05, 0) is 23.3 Å². The van der Waals surface area contributed by atoms with Crippen LogP contribution in [0.5, 0.6) is 5.75 Å². The van der Waals surface area contributed by atoms with Crippen molar-refractivity contribution in [2.45, 2.75) is 12.5 Å². The van der Waals surface area contributed by atoms with Gasteiger partial charge in [0, 0.05) is 43.1 Å². The number of rotatable bonds is 5. The van der Waals surface area contributed by atoms with Crippen LogP contribution in [0.4, 0.5) is 0 Å². The number of benzene rings is 2. The number of hydrogen-bond acceptors (Lipinski definition) is 3. The second kappa shape index (κ2) is 7.35. The average Bonchev–Trinajstić information content (AvgIpc) is 2.98. The normalized spacial score (nSPS) is 21.5. The number of halogens is 1. The van der Waals surface area contributed by atoms with Crippen molar-refractivity contribution in [3.05, 3.63) is 64.7 Å². The lowest BCUT2D eigenvalue weighted by molar-refractivity contribution is 0.213. The van der Waals surface area contributed by atoms with Crippen molar-refractivity contribution in [1.82, 2.24) is 4.90 Å². The number of methoxy groups -OCH3 is 1. The van der Waals surface area contributed by atoms with Crippen LogP contribution in [0.3, 0.4) is 0 Å². The van der Waals surface area contributed by atoms with Crippen LogP contribution in [0.25, 0.3) is 0 Å². The Labute approximate surface area is 142 Å². The van der Waals surface area contributed by atoms with Gasteiger partial charge in [-0.3, -0.25) is 4.90 Å². The van der Waals surface area contributed by atoms with Crippen molar-refractivity contribution in [1.29, 1.82) is 0 Å². The van der Waals surface area contributed by atoms with E-state index in [2.05, 4.69) is 29.2 Å². The van der Waals surface area contributed by atoms with Crippen molar-refractivity contribution < 1.29 is 9.84 Å². The lowest BCUT2D eigenvalue weighted by atomic mass is 9.89. The Hall–Kier alpha value is -1.55. The summed E-state index contributed by atoms with van der Waals surface area (Å²) >= 11 is 6.07. The molecule has 0 saturated carbocycles. The van der Waals surface area contributed by atoms with Gasteiger partial charge < -0.3 is 9.84 Å². The zero-order chi connectivity index (χ0) is 16.2. The third-order valence-corrected chi connectivity index (χ3v) is 4.83. The maximum absolute atomic E-state index is 9.81. The molecular formula is C19H22ClNO2. The molecule has 0 aliphatic carbocycles. The Kier molecular flexibility index (Phi) is 5.21. The lowest BCUT2D eigenvalue weighted by Gasteiger charge is -2.19. The van der Waals surface area contributed by atoms with E-state index in [9.17, 15) is 5.11 Å². The van der Waals surface area contributed by atoms with E-state index in [1.54, 1.807) is 7.11 Å². The third kappa shape index (κ3) is 3.69. The molecule has 1 saturated heterocycles. The minimum absolute atomic E-state index is 0.182. The Balaban J connectivity index is 1.80. The molecule has 23 heavy (non-hydrogen) atoms. The highest BCUT2D eigenvalue weighted by molar-refractivity contribution is 6.30. The Morgan fingerprint density at radius 1 is 1.17 bits per heavy atom. The minimum atomic E-state index is 0.182. The van der Waals surface area contributed by atoms with Crippen LogP contribution in [0.15, 0.2) is 48.5 Å². The Morgan fingerprint density at radius 2 is 1.96 bits per heavy atom. The second-order valence-corrected chi connectivity index (χ2v) is 6.55. The third-order valence-electron chi connectivity index (χ3n) is 4.60. The van der Waals surface area contributed by atoms with E-state index in [1.165, 1.54) is 5.56 Å². The maximum atomic E-state index is 9.81. The van der Waals surface area contributed by atoms with Crippen LogP contribution in [-0.2, 0) is 6.54 Å². The summed E-state index contributed by atoms with van der Waals surface area (Å²) in [5.74, 6) is 1.28. The van der Waals surface area contributed by atoms with Crippen molar-refractivity contribution in [2.75, 3.05) is 26.8 Å². The van der Waals surface area contributed by atoms with Crippen LogP contribution in [-0.4, -0.2) is 36.8 Å². The summed E-state index contributed by atoms with van der Waals surface area (Å²) in [5.41, 5.74) is 2.43. The van der Waals surface area contributed by atoms with E-state index in [0.29, 0.717) is 5.02 Å². The quantitative estimate of drug-likeness (QED) is 0.909. The SMILES string of the molecule is COc1cc(Cl)ccc1C1CN(Cc2ccccc2)CC1CO. The minimum Gasteiger partial charge on any atom is -0.496 e. The fraction of sp³-hybridized carbons (Fsp3) is 0.368. The molecule has 2 atom stereocenters. The van der Waals surface area contributed by atoms with E-state index in [4.69, 9.17) is 16.3 Å². The fourth-order valence-corrected chi connectivity index (χ4v) is 3.62. The van der Waals surface area contributed by atoms with Crippen LogP contribution >= 0.6 is 11.6 Å². The summed E-state index contributed by atoms with van der Waals surface area (Å²) in [6.07, 6.45) is 0. The number of nitrogens with zero attached hydrogens (tertiary/aromatic N) is 1. The predicted molar refractivity (Wildman–Crippen MR) is 93.0 cm³/mol. The van der Waals surface area contributed by atoms with E-state index < -0.39 is 0 Å². The van der Waals surface area contributed by atoms with E-state index in [0.717, 1.165) is 30.9 Å². The average molecular weight is 332 g/mol. The highest BCUT2D eigenvalue weighted by atomic mass is 35.5. The van der Waals surface area contributed by atoms with E-state index in [1.807, 2.05) is 24.3 Å². The maximum Gasteiger partial charge on any atom is 0.123 e. The van der Waals surface area contributed by atoms with Crippen LogP contribution < -0.4 is 4.74 Å². The van der Waals surface area contributed by atoms with Crippen LogP contribution in [0.1, 0.15) is 17.0 Å². The summed E-state index contributed by atoms with van der Waals surface area (Å²) < 4.78 is 5.50. The molecule has 3 nitrogen and oxygen atoms in total. The van der Waals surface area contributed by atoms with Gasteiger partial charge in [-0.25, -0.2) is 0 Å². The molecule has 4 heteroatoms. The van der Waals surface area contributed by atoms with Gasteiger partial charge in [0.2, 0.25) is 0 Å². The van der Waals surface area contributed by atoms with Gasteiger partial charge >= 0.3 is 0 Å². The fourth-order valence-electron chi connectivity index (χ4n) is 3.46. The predicted octanol–water partition coefficient (Wildman–Crippen LogP) is 3.56. The summed E-state index contributed by atoms with van der Waals surface area (Å²) in [5, 5.41) is 10.5. The number of ether oxygens (including phenoxy) is 1. The summed E-state index contributed by atoms with van der Waals surface area (Å²) in [6.45, 7) is 2.89. The molecule has 1 N–H and O–H groups in total. The molecule has 1 heterocycles. The molecule has 2 aromatic rings. The number of aliphatic hydroxyl groups is 1. The van der Waals surface area contributed by atoms with Crippen molar-refractivity contribution in [3.8, 4) is 5.75 Å². The number of hydrogen-bond donors (Lipinski definition) is 1. The molecule has 1 fully saturated rings. The molecular weight excluding hydrogens is 310 g/mol. The van der Waals surface area contributed by atoms with Gasteiger partial charge in [0.25, 0.3) is 0 Å². The topological polar surface area (TPSA) is 32.7 Å². The Bertz CT molecular complexity index is 647. The molecule has 0 bridgehead atoms. The molecule has 1 aliphatic heterocycles. The standard InChI is InChI=1S/C19H22ClNO2/c1-23-19-9-16(20)7-8-17(19)18-12-21(11-15(18)13-22)10-14-5-3-2-4-6-14/h2-9,15,18,22H,10-13H2,1H3. The molecule has 3 rings (SSSR count). The first-order valence-electron chi connectivity index (χ1n) is 7.92. The smallest absolute Gasteiger partial charge is 0.123 e. The first kappa shape index (κ1) is 16.3. The largest absolute Gasteiger partial charge is 0.496 e. The van der Waals surface area contributed by atoms with Gasteiger partial charge in [0.1, 0.15) is 5.75 Å². The lowest BCUT2D eigenvalue weighted by Crippen LogP contribution is -2.20. The van der Waals surface area contributed by atoms with Gasteiger partial charge in [-0.1, -0.05) is 48.0 Å². The van der Waals surface area contributed by atoms with E-state index in [-0.39, 0.29) is 18.4 Å². The van der Waals surface area contributed by atoms with Crippen LogP contribution in [0.2, 0.25) is 5.02 Å². The van der Waals surface area contributed by atoms with Gasteiger partial charge in [0.05, 0.1) is 7.11 Å². The molecule has 122 valence electrons. The van der Waals surface area contributed by atoms with Crippen molar-refractivity contribution in [2.24, 2.45) is 5.92 Å². The van der Waals surface area contributed by atoms with Gasteiger partial charge in [-0.2, -0.15) is 0 Å². The molecule has 0 amide bonds. The highest BCUT2D eigenvalue weighted by Crippen LogP contribution is 2.38. The molecule has 2 aromatic carbocycles. The Morgan fingerprint density at radius 3 is 2.65 bits per heavy atom. The summed E-state index contributed by atoms with van der Waals surface area (Å²) in [7, 11) is 1.67. The highest BCUT2D eigenvalue weighted by Gasteiger charge is 2.34. The molecule has 1 aliphatic rings. The summed E-state index contributed by atoms with van der Waals surface area (Å²) in [4.78, 5) is 2.40. The first-order chi connectivity index (χ1) is 11.2. The molecule has 0 spiro atoms. The van der Waals surface area contributed by atoms with Gasteiger partial charge in [-0.15, -0.1) is 0 Å². The van der Waals surface area contributed by atoms with Crippen LogP contribution in [0, 0.1) is 5.92 Å². The molecule has 0 aromatic heterocycles. The second-order valence-electron chi connectivity index (χ2n) is 6.12. The molecule has 0 radical (unpaired) electrons. The van der Waals surface area contributed by atoms with Crippen molar-refractivity contribution in [3.63, 3.8) is 0 Å².